The van der Waals surface area contributed by atoms with E-state index in [9.17, 15) is 15.3 Å². The first-order valence-corrected chi connectivity index (χ1v) is 17.6. The Labute approximate surface area is 269 Å². The van der Waals surface area contributed by atoms with Crippen LogP contribution in [0.1, 0.15) is 135 Å². The van der Waals surface area contributed by atoms with Crippen molar-refractivity contribution < 1.29 is 15.3 Å². The highest BCUT2D eigenvalue weighted by molar-refractivity contribution is 5.71. The van der Waals surface area contributed by atoms with E-state index in [4.69, 9.17) is 0 Å². The van der Waals surface area contributed by atoms with E-state index >= 15 is 0 Å². The molecular formula is C42H48O3. The van der Waals surface area contributed by atoms with Gasteiger partial charge in [-0.1, -0.05) is 112 Å². The topological polar surface area (TPSA) is 60.7 Å². The van der Waals surface area contributed by atoms with Crippen LogP contribution in [0.5, 0.6) is 17.2 Å². The van der Waals surface area contributed by atoms with Gasteiger partial charge in [0.25, 0.3) is 0 Å². The lowest BCUT2D eigenvalue weighted by molar-refractivity contribution is 0.293. The van der Waals surface area contributed by atoms with Gasteiger partial charge in [0.1, 0.15) is 17.2 Å². The molecule has 7 rings (SSSR count). The fourth-order valence-corrected chi connectivity index (χ4v) is 9.25. The van der Waals surface area contributed by atoms with Gasteiger partial charge in [-0.3, -0.25) is 0 Å². The summed E-state index contributed by atoms with van der Waals surface area (Å²) in [5.41, 5.74) is 7.58. The molecular weight excluding hydrogens is 552 g/mol. The van der Waals surface area contributed by atoms with Gasteiger partial charge in [0, 0.05) is 11.0 Å². The summed E-state index contributed by atoms with van der Waals surface area (Å²) in [6.45, 7) is 0. The minimum absolute atomic E-state index is 0.182. The molecule has 0 radical (unpaired) electrons. The summed E-state index contributed by atoms with van der Waals surface area (Å²) in [6, 6.07) is 29.4. The minimum Gasteiger partial charge on any atom is -0.508 e. The third-order valence-corrected chi connectivity index (χ3v) is 11.6. The zero-order chi connectivity index (χ0) is 30.8. The maximum Gasteiger partial charge on any atom is 0.123 e. The molecule has 1 atom stereocenters. The van der Waals surface area contributed by atoms with Crippen LogP contribution in [0.4, 0.5) is 0 Å². The summed E-state index contributed by atoms with van der Waals surface area (Å²) >= 11 is 0. The molecule has 0 spiro atoms. The molecule has 45 heavy (non-hydrogen) atoms. The molecule has 0 bridgehead atoms. The highest BCUT2D eigenvalue weighted by atomic mass is 16.3. The Kier molecular flexibility index (Phi) is 8.62. The Balaban J connectivity index is 1.42. The van der Waals surface area contributed by atoms with Crippen molar-refractivity contribution in [3.05, 3.63) is 113 Å². The number of phenolic OH excluding ortho intramolecular Hbond substituents is 3. The number of benzene rings is 4. The molecule has 0 heterocycles. The molecule has 3 fully saturated rings. The molecule has 1 unspecified atom stereocenters. The maximum atomic E-state index is 11.2. The number of aromatic hydroxyl groups is 3. The molecule has 3 heteroatoms. The number of rotatable bonds is 6. The fraction of sp³-hybridized carbons (Fsp3) is 0.429. The van der Waals surface area contributed by atoms with E-state index in [1.807, 2.05) is 36.4 Å². The standard InChI is InChI=1S/C42H48O3/c43-39-22-19-32(26-35(39)29-12-4-1-5-13-29)38-18-10-11-25-42(38,33-20-23-40(44)36(27-33)30-14-6-2-7-15-30)34-21-24-41(45)37(28-34)31-16-8-3-9-17-31/h1,4-5,12-13,19-24,26-28,30-31,38,43-45H,2-3,6-11,14-18,25H2. The second-order valence-corrected chi connectivity index (χ2v) is 14.1. The third kappa shape index (κ3) is 5.75. The van der Waals surface area contributed by atoms with Gasteiger partial charge in [0.15, 0.2) is 0 Å². The lowest BCUT2D eigenvalue weighted by Crippen LogP contribution is -2.38. The van der Waals surface area contributed by atoms with Crippen LogP contribution in [0.25, 0.3) is 11.1 Å². The van der Waals surface area contributed by atoms with Crippen molar-refractivity contribution in [2.24, 2.45) is 0 Å². The van der Waals surface area contributed by atoms with Crippen molar-refractivity contribution in [3.8, 4) is 28.4 Å². The van der Waals surface area contributed by atoms with Crippen LogP contribution in [-0.2, 0) is 5.41 Å². The van der Waals surface area contributed by atoms with Crippen LogP contribution in [0.2, 0.25) is 0 Å². The van der Waals surface area contributed by atoms with E-state index in [0.29, 0.717) is 29.1 Å². The van der Waals surface area contributed by atoms with Crippen molar-refractivity contribution in [1.82, 2.24) is 0 Å². The molecule has 3 saturated carbocycles. The average molecular weight is 601 g/mol. The quantitative estimate of drug-likeness (QED) is 0.206. The van der Waals surface area contributed by atoms with E-state index in [1.54, 1.807) is 0 Å². The Bertz CT molecular complexity index is 1540. The van der Waals surface area contributed by atoms with E-state index in [2.05, 4.69) is 48.5 Å². The molecule has 3 aliphatic rings. The molecule has 3 N–H and O–H groups in total. The van der Waals surface area contributed by atoms with Crippen molar-refractivity contribution in [2.75, 3.05) is 0 Å². The molecule has 4 aromatic rings. The normalized spacial score (nSPS) is 21.0. The van der Waals surface area contributed by atoms with Gasteiger partial charge >= 0.3 is 0 Å². The SMILES string of the molecule is Oc1ccc(C2CCCCC2(c2ccc(O)c(C3CCCCC3)c2)c2ccc(O)c(C3CCCCC3)c2)cc1-c1ccccc1. The van der Waals surface area contributed by atoms with Crippen LogP contribution >= 0.6 is 0 Å². The van der Waals surface area contributed by atoms with Crippen LogP contribution in [0.15, 0.2) is 84.9 Å². The molecule has 3 nitrogen and oxygen atoms in total. The molecule has 3 aliphatic carbocycles. The fourth-order valence-electron chi connectivity index (χ4n) is 9.25. The number of phenols is 3. The van der Waals surface area contributed by atoms with Crippen molar-refractivity contribution in [2.45, 2.75) is 113 Å². The summed E-state index contributed by atoms with van der Waals surface area (Å²) < 4.78 is 0. The van der Waals surface area contributed by atoms with E-state index in [1.165, 1.54) is 55.2 Å². The Morgan fingerprint density at radius 3 is 1.60 bits per heavy atom. The van der Waals surface area contributed by atoms with Gasteiger partial charge in [-0.2, -0.15) is 0 Å². The zero-order valence-corrected chi connectivity index (χ0v) is 26.6. The van der Waals surface area contributed by atoms with E-state index < -0.39 is 0 Å². The maximum absolute atomic E-state index is 11.2. The second kappa shape index (κ2) is 12.9. The summed E-state index contributed by atoms with van der Waals surface area (Å²) in [4.78, 5) is 0. The predicted molar refractivity (Wildman–Crippen MR) is 183 cm³/mol. The first-order valence-electron chi connectivity index (χ1n) is 17.6. The molecule has 4 aromatic carbocycles. The van der Waals surface area contributed by atoms with Gasteiger partial charge in [0.05, 0.1) is 0 Å². The summed E-state index contributed by atoms with van der Waals surface area (Å²) in [5, 5.41) is 33.4. The highest BCUT2D eigenvalue weighted by Gasteiger charge is 2.45. The van der Waals surface area contributed by atoms with Crippen molar-refractivity contribution in [3.63, 3.8) is 0 Å². The van der Waals surface area contributed by atoms with Crippen molar-refractivity contribution in [1.29, 1.82) is 0 Å². The lowest BCUT2D eigenvalue weighted by atomic mass is 9.56. The molecule has 0 saturated heterocycles. The highest BCUT2D eigenvalue weighted by Crippen LogP contribution is 2.56. The van der Waals surface area contributed by atoms with Gasteiger partial charge in [-0.25, -0.2) is 0 Å². The molecule has 0 amide bonds. The minimum atomic E-state index is -0.322. The molecule has 0 aromatic heterocycles. The number of hydrogen-bond acceptors (Lipinski definition) is 3. The molecule has 0 aliphatic heterocycles. The second-order valence-electron chi connectivity index (χ2n) is 14.1. The van der Waals surface area contributed by atoms with Crippen LogP contribution in [-0.4, -0.2) is 15.3 Å². The van der Waals surface area contributed by atoms with Crippen LogP contribution < -0.4 is 0 Å². The van der Waals surface area contributed by atoms with Crippen LogP contribution in [0, 0.1) is 0 Å². The van der Waals surface area contributed by atoms with Crippen LogP contribution in [0.3, 0.4) is 0 Å². The average Bonchev–Trinajstić information content (AvgIpc) is 3.10. The lowest BCUT2D eigenvalue weighted by Gasteiger charge is -2.46. The largest absolute Gasteiger partial charge is 0.508 e. The van der Waals surface area contributed by atoms with E-state index in [0.717, 1.165) is 73.6 Å². The van der Waals surface area contributed by atoms with Gasteiger partial charge < -0.3 is 15.3 Å². The number of hydrogen-bond donors (Lipinski definition) is 3. The Morgan fingerprint density at radius 2 is 1.02 bits per heavy atom. The first-order chi connectivity index (χ1) is 22.0. The monoisotopic (exact) mass is 600 g/mol. The summed E-state index contributed by atoms with van der Waals surface area (Å²) in [5.74, 6) is 2.14. The Morgan fingerprint density at radius 1 is 0.489 bits per heavy atom. The third-order valence-electron chi connectivity index (χ3n) is 11.6. The summed E-state index contributed by atoms with van der Waals surface area (Å²) in [6.07, 6.45) is 16.3. The summed E-state index contributed by atoms with van der Waals surface area (Å²) in [7, 11) is 0. The first kappa shape index (κ1) is 30.0. The zero-order valence-electron chi connectivity index (χ0n) is 26.6. The van der Waals surface area contributed by atoms with Crippen molar-refractivity contribution >= 4 is 0 Å². The van der Waals surface area contributed by atoms with Gasteiger partial charge in [-0.05, 0) is 114 Å². The van der Waals surface area contributed by atoms with E-state index in [-0.39, 0.29) is 11.3 Å². The Hall–Kier alpha value is -3.72. The van der Waals surface area contributed by atoms with Gasteiger partial charge in [0.2, 0.25) is 0 Å². The predicted octanol–water partition coefficient (Wildman–Crippen LogP) is 11.2. The molecule has 234 valence electrons. The van der Waals surface area contributed by atoms with Gasteiger partial charge in [-0.15, -0.1) is 0 Å². The smallest absolute Gasteiger partial charge is 0.123 e.